The zero-order valence-corrected chi connectivity index (χ0v) is 14.4. The van der Waals surface area contributed by atoms with Crippen molar-refractivity contribution in [2.75, 3.05) is 23.7 Å². The highest BCUT2D eigenvalue weighted by molar-refractivity contribution is 5.98. The molecular formula is C18H21FN6. The van der Waals surface area contributed by atoms with Gasteiger partial charge in [-0.25, -0.2) is 9.37 Å². The quantitative estimate of drug-likeness (QED) is 0.776. The number of aromatic nitrogens is 4. The lowest BCUT2D eigenvalue weighted by molar-refractivity contribution is 0.434. The van der Waals surface area contributed by atoms with Gasteiger partial charge in [-0.15, -0.1) is 0 Å². The number of halogens is 1. The van der Waals surface area contributed by atoms with Gasteiger partial charge in [0, 0.05) is 25.7 Å². The number of benzene rings is 1. The van der Waals surface area contributed by atoms with E-state index in [0.717, 1.165) is 25.9 Å². The maximum atomic E-state index is 13.8. The molecule has 0 amide bonds. The summed E-state index contributed by atoms with van der Waals surface area (Å²) in [5, 5.41) is 5.08. The van der Waals surface area contributed by atoms with Gasteiger partial charge in [-0.3, -0.25) is 4.68 Å². The van der Waals surface area contributed by atoms with E-state index in [-0.39, 0.29) is 5.82 Å². The Bertz CT molecular complexity index is 927. The summed E-state index contributed by atoms with van der Waals surface area (Å²) in [5.41, 5.74) is 8.03. The van der Waals surface area contributed by atoms with E-state index in [1.165, 1.54) is 12.1 Å². The van der Waals surface area contributed by atoms with Gasteiger partial charge in [-0.1, -0.05) is 19.1 Å². The number of hydrogen-bond donors (Lipinski definition) is 1. The van der Waals surface area contributed by atoms with Gasteiger partial charge in [0.1, 0.15) is 11.6 Å². The molecule has 0 saturated carbocycles. The Morgan fingerprint density at radius 2 is 1.96 bits per heavy atom. The third kappa shape index (κ3) is 2.79. The highest BCUT2D eigenvalue weighted by atomic mass is 19.1. The Labute approximate surface area is 145 Å². The van der Waals surface area contributed by atoms with Crippen LogP contribution in [0.4, 0.5) is 16.2 Å². The molecule has 3 heterocycles. The second-order valence-electron chi connectivity index (χ2n) is 6.76. The first-order chi connectivity index (χ1) is 12.0. The zero-order chi connectivity index (χ0) is 17.6. The van der Waals surface area contributed by atoms with Crippen LogP contribution in [-0.2, 0) is 7.05 Å². The van der Waals surface area contributed by atoms with Gasteiger partial charge in [-0.05, 0) is 30.9 Å². The predicted molar refractivity (Wildman–Crippen MR) is 96.7 cm³/mol. The van der Waals surface area contributed by atoms with Gasteiger partial charge in [0.2, 0.25) is 5.95 Å². The third-order valence-electron chi connectivity index (χ3n) is 4.89. The number of piperidine rings is 1. The Morgan fingerprint density at radius 3 is 2.68 bits per heavy atom. The average Bonchev–Trinajstić information content (AvgIpc) is 2.89. The topological polar surface area (TPSA) is 72.9 Å². The first-order valence-electron chi connectivity index (χ1n) is 8.54. The number of aryl methyl sites for hydroxylation is 1. The second-order valence-corrected chi connectivity index (χ2v) is 6.76. The predicted octanol–water partition coefficient (Wildman–Crippen LogP) is 2.99. The number of nitrogens with two attached hydrogens (primary N) is 1. The largest absolute Gasteiger partial charge is 0.383 e. The fourth-order valence-electron chi connectivity index (χ4n) is 3.30. The van der Waals surface area contributed by atoms with Crippen LogP contribution < -0.4 is 10.6 Å². The summed E-state index contributed by atoms with van der Waals surface area (Å²) < 4.78 is 15.3. The standard InChI is InChI=1S/C18H21FN6/c1-11-6-8-25(9-7-11)18-21-15(12-4-3-5-13(19)10-12)14-16(20)24(2)23-17(14)22-18/h3-5,10-11H,6-9,20H2,1-2H3. The molecule has 7 heteroatoms. The minimum atomic E-state index is -0.305. The summed E-state index contributed by atoms with van der Waals surface area (Å²) >= 11 is 0. The molecule has 4 rings (SSSR count). The molecule has 3 aromatic rings. The molecule has 2 N–H and O–H groups in total. The van der Waals surface area contributed by atoms with Crippen LogP contribution >= 0.6 is 0 Å². The van der Waals surface area contributed by atoms with Crippen molar-refractivity contribution in [2.45, 2.75) is 19.8 Å². The van der Waals surface area contributed by atoms with Crippen molar-refractivity contribution in [2.24, 2.45) is 13.0 Å². The molecule has 1 aliphatic heterocycles. The molecule has 1 aromatic carbocycles. The Balaban J connectivity index is 1.89. The number of hydrogen-bond acceptors (Lipinski definition) is 5. The molecule has 0 bridgehead atoms. The molecule has 25 heavy (non-hydrogen) atoms. The van der Waals surface area contributed by atoms with Crippen LogP contribution in [0.5, 0.6) is 0 Å². The second kappa shape index (κ2) is 5.98. The van der Waals surface area contributed by atoms with E-state index in [2.05, 4.69) is 21.9 Å². The summed E-state index contributed by atoms with van der Waals surface area (Å²) in [6.45, 7) is 4.09. The third-order valence-corrected chi connectivity index (χ3v) is 4.89. The highest BCUT2D eigenvalue weighted by Gasteiger charge is 2.22. The molecule has 0 unspecified atom stereocenters. The van der Waals surface area contributed by atoms with E-state index in [1.807, 2.05) is 6.07 Å². The van der Waals surface area contributed by atoms with Gasteiger partial charge in [0.15, 0.2) is 5.65 Å². The van der Waals surface area contributed by atoms with Crippen molar-refractivity contribution < 1.29 is 4.39 Å². The molecule has 0 spiro atoms. The van der Waals surface area contributed by atoms with Crippen molar-refractivity contribution in [1.82, 2.24) is 19.7 Å². The van der Waals surface area contributed by atoms with Crippen molar-refractivity contribution in [3.63, 3.8) is 0 Å². The number of rotatable bonds is 2. The lowest BCUT2D eigenvalue weighted by atomic mass is 9.99. The normalized spacial score (nSPS) is 15.9. The number of nitrogen functional groups attached to an aromatic ring is 1. The lowest BCUT2D eigenvalue weighted by Gasteiger charge is -2.30. The summed E-state index contributed by atoms with van der Waals surface area (Å²) in [6.07, 6.45) is 2.22. The first-order valence-corrected chi connectivity index (χ1v) is 8.54. The van der Waals surface area contributed by atoms with Crippen LogP contribution in [0, 0.1) is 11.7 Å². The van der Waals surface area contributed by atoms with Crippen LogP contribution in [-0.4, -0.2) is 32.8 Å². The van der Waals surface area contributed by atoms with Crippen LogP contribution in [0.1, 0.15) is 19.8 Å². The summed E-state index contributed by atoms with van der Waals surface area (Å²) in [7, 11) is 1.77. The van der Waals surface area contributed by atoms with Crippen LogP contribution in [0.3, 0.4) is 0 Å². The van der Waals surface area contributed by atoms with Gasteiger partial charge >= 0.3 is 0 Å². The maximum Gasteiger partial charge on any atom is 0.228 e. The molecule has 6 nitrogen and oxygen atoms in total. The summed E-state index contributed by atoms with van der Waals surface area (Å²) in [5.74, 6) is 1.53. The minimum absolute atomic E-state index is 0.305. The molecule has 0 atom stereocenters. The van der Waals surface area contributed by atoms with Gasteiger partial charge in [-0.2, -0.15) is 10.1 Å². The van der Waals surface area contributed by atoms with Crippen LogP contribution in [0.2, 0.25) is 0 Å². The highest BCUT2D eigenvalue weighted by Crippen LogP contribution is 2.32. The Kier molecular flexibility index (Phi) is 3.78. The van der Waals surface area contributed by atoms with Gasteiger partial charge in [0.05, 0.1) is 11.1 Å². The fraction of sp³-hybridized carbons (Fsp3) is 0.389. The SMILES string of the molecule is CC1CCN(c2nc(-c3cccc(F)c3)c3c(N)n(C)nc3n2)CC1. The number of anilines is 2. The summed E-state index contributed by atoms with van der Waals surface area (Å²) in [4.78, 5) is 11.5. The molecule has 1 fully saturated rings. The monoisotopic (exact) mass is 340 g/mol. The van der Waals surface area contributed by atoms with Crippen molar-refractivity contribution in [1.29, 1.82) is 0 Å². The van der Waals surface area contributed by atoms with E-state index in [4.69, 9.17) is 10.7 Å². The van der Waals surface area contributed by atoms with Gasteiger partial charge in [0.25, 0.3) is 0 Å². The van der Waals surface area contributed by atoms with Crippen LogP contribution in [0.25, 0.3) is 22.3 Å². The molecule has 1 saturated heterocycles. The van der Waals surface area contributed by atoms with Crippen molar-refractivity contribution in [3.05, 3.63) is 30.1 Å². The average molecular weight is 340 g/mol. The van der Waals surface area contributed by atoms with Crippen LogP contribution in [0.15, 0.2) is 24.3 Å². The van der Waals surface area contributed by atoms with E-state index < -0.39 is 0 Å². The molecular weight excluding hydrogens is 319 g/mol. The van der Waals surface area contributed by atoms with Crippen molar-refractivity contribution in [3.8, 4) is 11.3 Å². The molecule has 2 aromatic heterocycles. The number of nitrogens with zero attached hydrogens (tertiary/aromatic N) is 5. The smallest absolute Gasteiger partial charge is 0.228 e. The molecule has 0 aliphatic carbocycles. The van der Waals surface area contributed by atoms with E-state index in [9.17, 15) is 4.39 Å². The van der Waals surface area contributed by atoms with E-state index in [1.54, 1.807) is 17.8 Å². The van der Waals surface area contributed by atoms with Crippen molar-refractivity contribution >= 4 is 22.8 Å². The van der Waals surface area contributed by atoms with Gasteiger partial charge < -0.3 is 10.6 Å². The van der Waals surface area contributed by atoms with E-state index in [0.29, 0.717) is 40.0 Å². The molecule has 1 aliphatic rings. The lowest BCUT2D eigenvalue weighted by Crippen LogP contribution is -2.34. The maximum absolute atomic E-state index is 13.8. The Hall–Kier alpha value is -2.70. The van der Waals surface area contributed by atoms with E-state index >= 15 is 0 Å². The zero-order valence-electron chi connectivity index (χ0n) is 14.4. The molecule has 0 radical (unpaired) electrons. The minimum Gasteiger partial charge on any atom is -0.383 e. The Morgan fingerprint density at radius 1 is 1.20 bits per heavy atom. The molecule has 130 valence electrons. The summed E-state index contributed by atoms with van der Waals surface area (Å²) in [6, 6.07) is 6.39. The number of fused-ring (bicyclic) bond motifs is 1. The fourth-order valence-corrected chi connectivity index (χ4v) is 3.30. The first kappa shape index (κ1) is 15.8.